The van der Waals surface area contributed by atoms with E-state index in [1.807, 2.05) is 24.3 Å². The first kappa shape index (κ1) is 19.0. The van der Waals surface area contributed by atoms with Crippen molar-refractivity contribution in [2.45, 2.75) is 12.6 Å². The summed E-state index contributed by atoms with van der Waals surface area (Å²) in [6.07, 6.45) is -0.822. The number of aliphatic hydroxyl groups excluding tert-OH is 1. The van der Waals surface area contributed by atoms with Crippen LogP contribution in [0.25, 0.3) is 11.4 Å². The fourth-order valence-electron chi connectivity index (χ4n) is 2.27. The van der Waals surface area contributed by atoms with Crippen LogP contribution in [0, 0.1) is 0 Å². The number of tetrazole rings is 1. The van der Waals surface area contributed by atoms with E-state index in [9.17, 15) is 9.90 Å². The summed E-state index contributed by atoms with van der Waals surface area (Å²) in [5.41, 5.74) is 1.26. The standard InChI is InChI=1S/C18H17BrN4O4/c1-26-18(25)13-4-8-16(9-5-13)27-11-15(24)10-23-21-17(20-22-23)12-2-6-14(19)7-3-12/h2-9,15,24H,10-11H2,1H3. The zero-order chi connectivity index (χ0) is 19.2. The van der Waals surface area contributed by atoms with E-state index in [0.717, 1.165) is 10.0 Å². The molecule has 3 aromatic rings. The lowest BCUT2D eigenvalue weighted by Gasteiger charge is -2.11. The molecule has 0 saturated carbocycles. The third kappa shape index (κ3) is 5.11. The summed E-state index contributed by atoms with van der Waals surface area (Å²) in [4.78, 5) is 12.7. The fraction of sp³-hybridized carbons (Fsp3) is 0.222. The van der Waals surface area contributed by atoms with E-state index < -0.39 is 12.1 Å². The monoisotopic (exact) mass is 432 g/mol. The molecule has 1 heterocycles. The Hall–Kier alpha value is -2.78. The molecule has 0 aliphatic rings. The molecule has 0 saturated heterocycles. The van der Waals surface area contributed by atoms with Crippen molar-refractivity contribution in [1.82, 2.24) is 20.2 Å². The maximum Gasteiger partial charge on any atom is 0.337 e. The van der Waals surface area contributed by atoms with Gasteiger partial charge in [0, 0.05) is 10.0 Å². The van der Waals surface area contributed by atoms with Gasteiger partial charge in [0.15, 0.2) is 0 Å². The maximum absolute atomic E-state index is 11.4. The molecule has 0 radical (unpaired) electrons. The molecule has 0 aliphatic carbocycles. The third-order valence-electron chi connectivity index (χ3n) is 3.65. The average Bonchev–Trinajstić information content (AvgIpc) is 3.15. The Morgan fingerprint density at radius 1 is 1.19 bits per heavy atom. The summed E-state index contributed by atoms with van der Waals surface area (Å²) >= 11 is 3.38. The van der Waals surface area contributed by atoms with E-state index in [1.165, 1.54) is 11.9 Å². The van der Waals surface area contributed by atoms with Crippen LogP contribution in [0.3, 0.4) is 0 Å². The van der Waals surface area contributed by atoms with Crippen molar-refractivity contribution in [3.05, 3.63) is 58.6 Å². The molecule has 0 bridgehead atoms. The van der Waals surface area contributed by atoms with Gasteiger partial charge in [-0.15, -0.1) is 10.2 Å². The molecular formula is C18H17BrN4O4. The maximum atomic E-state index is 11.4. The largest absolute Gasteiger partial charge is 0.491 e. The number of carbonyl (C=O) groups excluding carboxylic acids is 1. The van der Waals surface area contributed by atoms with Crippen LogP contribution >= 0.6 is 15.9 Å². The molecule has 8 nitrogen and oxygen atoms in total. The Morgan fingerprint density at radius 3 is 2.56 bits per heavy atom. The van der Waals surface area contributed by atoms with Crippen molar-refractivity contribution in [1.29, 1.82) is 0 Å². The second-order valence-electron chi connectivity index (χ2n) is 5.66. The predicted octanol–water partition coefficient (Wildman–Crippen LogP) is 2.33. The molecule has 1 aromatic heterocycles. The van der Waals surface area contributed by atoms with Gasteiger partial charge >= 0.3 is 5.97 Å². The summed E-state index contributed by atoms with van der Waals surface area (Å²) in [7, 11) is 1.32. The SMILES string of the molecule is COC(=O)c1ccc(OCC(O)Cn2nnc(-c3ccc(Br)cc3)n2)cc1. The van der Waals surface area contributed by atoms with Crippen LogP contribution in [0.15, 0.2) is 53.0 Å². The Balaban J connectivity index is 1.53. The molecule has 2 aromatic carbocycles. The van der Waals surface area contributed by atoms with Crippen molar-refractivity contribution in [3.8, 4) is 17.1 Å². The summed E-state index contributed by atoms with van der Waals surface area (Å²) in [5, 5.41) is 22.3. The first-order chi connectivity index (χ1) is 13.0. The van der Waals surface area contributed by atoms with Gasteiger partial charge in [-0.2, -0.15) is 4.80 Å². The van der Waals surface area contributed by atoms with Gasteiger partial charge in [-0.3, -0.25) is 0 Å². The molecule has 140 valence electrons. The lowest BCUT2D eigenvalue weighted by Crippen LogP contribution is -2.25. The Morgan fingerprint density at radius 2 is 1.89 bits per heavy atom. The summed E-state index contributed by atoms with van der Waals surface area (Å²) in [6, 6.07) is 14.0. The first-order valence-corrected chi connectivity index (χ1v) is 8.87. The van der Waals surface area contributed by atoms with Crippen LogP contribution in [0.5, 0.6) is 5.75 Å². The summed E-state index contributed by atoms with van der Waals surface area (Å²) in [5.74, 6) is 0.596. The number of carbonyl (C=O) groups is 1. The van der Waals surface area contributed by atoms with E-state index >= 15 is 0 Å². The molecule has 3 rings (SSSR count). The van der Waals surface area contributed by atoms with Gasteiger partial charge < -0.3 is 14.6 Å². The van der Waals surface area contributed by atoms with Gasteiger partial charge in [-0.05, 0) is 53.7 Å². The average molecular weight is 433 g/mol. The minimum Gasteiger partial charge on any atom is -0.491 e. The van der Waals surface area contributed by atoms with Crippen molar-refractivity contribution in [2.24, 2.45) is 0 Å². The topological polar surface area (TPSA) is 99.4 Å². The van der Waals surface area contributed by atoms with Crippen molar-refractivity contribution in [3.63, 3.8) is 0 Å². The number of esters is 1. The molecule has 9 heteroatoms. The number of aliphatic hydroxyl groups is 1. The van der Waals surface area contributed by atoms with E-state index in [4.69, 9.17) is 4.74 Å². The van der Waals surface area contributed by atoms with E-state index in [0.29, 0.717) is 17.1 Å². The number of nitrogens with zero attached hydrogens (tertiary/aromatic N) is 4. The highest BCUT2D eigenvalue weighted by Gasteiger charge is 2.12. The highest BCUT2D eigenvalue weighted by atomic mass is 79.9. The number of hydrogen-bond acceptors (Lipinski definition) is 7. The first-order valence-electron chi connectivity index (χ1n) is 8.08. The molecule has 1 unspecified atom stereocenters. The zero-order valence-corrected chi connectivity index (χ0v) is 16.0. The summed E-state index contributed by atoms with van der Waals surface area (Å²) < 4.78 is 11.1. The van der Waals surface area contributed by atoms with Crippen molar-refractivity contribution >= 4 is 21.9 Å². The van der Waals surface area contributed by atoms with Gasteiger partial charge in [-0.25, -0.2) is 4.79 Å². The Bertz CT molecular complexity index is 896. The Labute approximate surface area is 163 Å². The second-order valence-corrected chi connectivity index (χ2v) is 6.57. The van der Waals surface area contributed by atoms with Gasteiger partial charge in [0.2, 0.25) is 5.82 Å². The van der Waals surface area contributed by atoms with Gasteiger partial charge in [-0.1, -0.05) is 15.9 Å². The number of rotatable bonds is 7. The van der Waals surface area contributed by atoms with Crippen LogP contribution in [-0.2, 0) is 11.3 Å². The lowest BCUT2D eigenvalue weighted by molar-refractivity contribution is 0.0600. The van der Waals surface area contributed by atoms with Crippen molar-refractivity contribution < 1.29 is 19.4 Å². The second kappa shape index (κ2) is 8.74. The minimum absolute atomic E-state index is 0.0483. The van der Waals surface area contributed by atoms with Gasteiger partial charge in [0.1, 0.15) is 18.5 Å². The molecule has 1 N–H and O–H groups in total. The van der Waals surface area contributed by atoms with E-state index in [2.05, 4.69) is 36.1 Å². The minimum atomic E-state index is -0.822. The molecule has 1 atom stereocenters. The smallest absolute Gasteiger partial charge is 0.337 e. The van der Waals surface area contributed by atoms with E-state index in [1.54, 1.807) is 24.3 Å². The highest BCUT2D eigenvalue weighted by molar-refractivity contribution is 9.10. The van der Waals surface area contributed by atoms with Crippen LogP contribution in [0.4, 0.5) is 0 Å². The van der Waals surface area contributed by atoms with Gasteiger partial charge in [0.05, 0.1) is 19.2 Å². The highest BCUT2D eigenvalue weighted by Crippen LogP contribution is 2.17. The quantitative estimate of drug-likeness (QED) is 0.571. The van der Waals surface area contributed by atoms with Crippen LogP contribution in [0.2, 0.25) is 0 Å². The molecule has 0 amide bonds. The van der Waals surface area contributed by atoms with Crippen molar-refractivity contribution in [2.75, 3.05) is 13.7 Å². The number of aromatic nitrogens is 4. The normalized spacial score (nSPS) is 11.8. The molecule has 0 aliphatic heterocycles. The Kier molecular flexibility index (Phi) is 6.15. The van der Waals surface area contributed by atoms with Crippen LogP contribution in [0.1, 0.15) is 10.4 Å². The predicted molar refractivity (Wildman–Crippen MR) is 100 cm³/mol. The third-order valence-corrected chi connectivity index (χ3v) is 4.18. The number of hydrogen-bond donors (Lipinski definition) is 1. The van der Waals surface area contributed by atoms with Crippen LogP contribution < -0.4 is 4.74 Å². The van der Waals surface area contributed by atoms with Gasteiger partial charge in [0.25, 0.3) is 0 Å². The molecule has 0 spiro atoms. The number of methoxy groups -OCH3 is 1. The molecular weight excluding hydrogens is 416 g/mol. The zero-order valence-electron chi connectivity index (χ0n) is 14.4. The molecule has 27 heavy (non-hydrogen) atoms. The van der Waals surface area contributed by atoms with E-state index in [-0.39, 0.29) is 13.2 Å². The number of halogens is 1. The summed E-state index contributed by atoms with van der Waals surface area (Å²) in [6.45, 7) is 0.191. The number of ether oxygens (including phenoxy) is 2. The molecule has 0 fully saturated rings. The number of benzene rings is 2. The van der Waals surface area contributed by atoms with Crippen LogP contribution in [-0.4, -0.2) is 51.1 Å². The fourth-order valence-corrected chi connectivity index (χ4v) is 2.54. The lowest BCUT2D eigenvalue weighted by atomic mass is 10.2.